The van der Waals surface area contributed by atoms with E-state index >= 15 is 0 Å². The number of sulfonamides is 1. The molecular formula is C19H20N4O3S2. The zero-order valence-corrected chi connectivity index (χ0v) is 17.1. The number of rotatable bonds is 7. The lowest BCUT2D eigenvalue weighted by Crippen LogP contribution is -2.27. The highest BCUT2D eigenvalue weighted by Gasteiger charge is 2.18. The fraction of sp³-hybridized carbons (Fsp3) is 0.211. The van der Waals surface area contributed by atoms with Crippen molar-refractivity contribution in [3.05, 3.63) is 59.6 Å². The number of carbonyl (C=O) groups excluding carboxylic acids is 1. The van der Waals surface area contributed by atoms with Crippen molar-refractivity contribution >= 4 is 32.4 Å². The molecule has 7 nitrogen and oxygen atoms in total. The first-order chi connectivity index (χ1) is 13.4. The van der Waals surface area contributed by atoms with E-state index in [9.17, 15) is 13.2 Å². The lowest BCUT2D eigenvalue weighted by molar-refractivity contribution is -0.128. The van der Waals surface area contributed by atoms with Crippen LogP contribution in [0, 0.1) is 0 Å². The topological polar surface area (TPSA) is 92.3 Å². The first-order valence-corrected chi connectivity index (χ1v) is 10.9. The second kappa shape index (κ2) is 8.49. The molecule has 0 saturated carbocycles. The Balaban J connectivity index is 1.71. The Labute approximate surface area is 168 Å². The maximum atomic E-state index is 12.6. The Morgan fingerprint density at radius 3 is 2.32 bits per heavy atom. The van der Waals surface area contributed by atoms with E-state index in [2.05, 4.69) is 14.9 Å². The van der Waals surface area contributed by atoms with Crippen molar-refractivity contribution < 1.29 is 13.2 Å². The lowest BCUT2D eigenvalue weighted by atomic mass is 10.1. The lowest BCUT2D eigenvalue weighted by Gasteiger charge is -2.12. The van der Waals surface area contributed by atoms with Crippen molar-refractivity contribution in [3.8, 4) is 11.1 Å². The third-order valence-corrected chi connectivity index (χ3v) is 6.49. The average Bonchev–Trinajstić information content (AvgIpc) is 3.14. The minimum atomic E-state index is -3.79. The number of aromatic nitrogens is 2. The first-order valence-electron chi connectivity index (χ1n) is 8.63. The largest absolute Gasteiger partial charge is 0.346 e. The van der Waals surface area contributed by atoms with Crippen LogP contribution in [0.4, 0.5) is 5.13 Å². The monoisotopic (exact) mass is 416 g/mol. The van der Waals surface area contributed by atoms with E-state index < -0.39 is 10.0 Å². The molecule has 28 heavy (non-hydrogen) atoms. The molecule has 9 heteroatoms. The van der Waals surface area contributed by atoms with Crippen LogP contribution in [-0.2, 0) is 21.2 Å². The second-order valence-corrected chi connectivity index (χ2v) is 8.83. The second-order valence-electron chi connectivity index (χ2n) is 6.08. The van der Waals surface area contributed by atoms with Gasteiger partial charge in [-0.2, -0.15) is 0 Å². The molecule has 1 amide bonds. The maximum Gasteiger partial charge on any atom is 0.263 e. The number of nitrogens with one attached hydrogen (secondary N) is 1. The Hall–Kier alpha value is -2.78. The molecule has 0 bridgehead atoms. The van der Waals surface area contributed by atoms with Crippen LogP contribution < -0.4 is 4.72 Å². The zero-order valence-electron chi connectivity index (χ0n) is 15.5. The third-order valence-electron chi connectivity index (χ3n) is 4.16. The highest BCUT2D eigenvalue weighted by atomic mass is 32.2. The van der Waals surface area contributed by atoms with E-state index in [0.29, 0.717) is 11.6 Å². The quantitative estimate of drug-likeness (QED) is 0.639. The summed E-state index contributed by atoms with van der Waals surface area (Å²) < 4.78 is 27.6. The van der Waals surface area contributed by atoms with Gasteiger partial charge in [-0.15, -0.1) is 10.2 Å². The smallest absolute Gasteiger partial charge is 0.263 e. The SMILES string of the molecule is CCN(C)C(=O)Cc1nnc(NS(=O)(=O)c2ccc(-c3ccccc3)cc2)s1. The number of hydrogen-bond acceptors (Lipinski definition) is 6. The normalized spacial score (nSPS) is 11.2. The molecule has 3 aromatic rings. The average molecular weight is 417 g/mol. The van der Waals surface area contributed by atoms with Crippen LogP contribution >= 0.6 is 11.3 Å². The molecule has 0 fully saturated rings. The summed E-state index contributed by atoms with van der Waals surface area (Å²) in [7, 11) is -2.09. The van der Waals surface area contributed by atoms with Gasteiger partial charge in [-0.25, -0.2) is 8.42 Å². The highest BCUT2D eigenvalue weighted by Crippen LogP contribution is 2.24. The van der Waals surface area contributed by atoms with E-state index in [4.69, 9.17) is 0 Å². The van der Waals surface area contributed by atoms with E-state index in [-0.39, 0.29) is 22.4 Å². The number of hydrogen-bond donors (Lipinski definition) is 1. The molecule has 1 N–H and O–H groups in total. The fourth-order valence-electron chi connectivity index (χ4n) is 2.44. The van der Waals surface area contributed by atoms with Crippen molar-refractivity contribution in [3.63, 3.8) is 0 Å². The summed E-state index contributed by atoms with van der Waals surface area (Å²) in [5.74, 6) is -0.0930. The number of anilines is 1. The summed E-state index contributed by atoms with van der Waals surface area (Å²) in [5, 5.41) is 8.33. The van der Waals surface area contributed by atoms with Gasteiger partial charge in [0, 0.05) is 13.6 Å². The van der Waals surface area contributed by atoms with Gasteiger partial charge in [0.2, 0.25) is 11.0 Å². The molecule has 146 valence electrons. The van der Waals surface area contributed by atoms with Gasteiger partial charge >= 0.3 is 0 Å². The molecule has 0 aliphatic carbocycles. The Morgan fingerprint density at radius 2 is 1.68 bits per heavy atom. The van der Waals surface area contributed by atoms with Crippen LogP contribution in [0.1, 0.15) is 11.9 Å². The standard InChI is InChI=1S/C19H20N4O3S2/c1-3-23(2)18(24)13-17-20-21-19(27-17)22-28(25,26)16-11-9-15(10-12-16)14-7-5-4-6-8-14/h4-12H,3,13H2,1-2H3,(H,21,22). The molecule has 2 aromatic carbocycles. The predicted molar refractivity (Wildman–Crippen MR) is 110 cm³/mol. The highest BCUT2D eigenvalue weighted by molar-refractivity contribution is 7.93. The van der Waals surface area contributed by atoms with Gasteiger partial charge in [-0.05, 0) is 30.2 Å². The van der Waals surface area contributed by atoms with E-state index in [1.54, 1.807) is 36.2 Å². The molecule has 0 atom stereocenters. The van der Waals surface area contributed by atoms with Crippen LogP contribution in [0.15, 0.2) is 59.5 Å². The third kappa shape index (κ3) is 4.73. The van der Waals surface area contributed by atoms with Crippen molar-refractivity contribution in [2.24, 2.45) is 0 Å². The molecule has 0 saturated heterocycles. The van der Waals surface area contributed by atoms with Crippen LogP contribution in [0.2, 0.25) is 0 Å². The molecule has 0 radical (unpaired) electrons. The number of carbonyl (C=O) groups is 1. The molecule has 0 aliphatic heterocycles. The molecule has 0 unspecified atom stereocenters. The molecule has 0 aliphatic rings. The van der Waals surface area contributed by atoms with Crippen molar-refractivity contribution in [1.82, 2.24) is 15.1 Å². The summed E-state index contributed by atoms with van der Waals surface area (Å²) in [6, 6.07) is 16.3. The summed E-state index contributed by atoms with van der Waals surface area (Å²) in [6.07, 6.45) is 0.0928. The van der Waals surface area contributed by atoms with Crippen LogP contribution in [0.3, 0.4) is 0 Å². The van der Waals surface area contributed by atoms with Gasteiger partial charge in [-0.1, -0.05) is 53.8 Å². The van der Waals surface area contributed by atoms with E-state index in [1.807, 2.05) is 37.3 Å². The van der Waals surface area contributed by atoms with Gasteiger partial charge in [0.05, 0.1) is 11.3 Å². The molecule has 1 aromatic heterocycles. The Morgan fingerprint density at radius 1 is 1.04 bits per heavy atom. The molecule has 3 rings (SSSR count). The molecule has 1 heterocycles. The number of amides is 1. The fourth-order valence-corrected chi connectivity index (χ4v) is 4.40. The number of benzene rings is 2. The Kier molecular flexibility index (Phi) is 6.05. The van der Waals surface area contributed by atoms with Gasteiger partial charge in [0.1, 0.15) is 5.01 Å². The first kappa shape index (κ1) is 20.0. The summed E-state index contributed by atoms with van der Waals surface area (Å²) in [5.41, 5.74) is 1.94. The summed E-state index contributed by atoms with van der Waals surface area (Å²) >= 11 is 1.05. The maximum absolute atomic E-state index is 12.6. The van der Waals surface area contributed by atoms with Crippen molar-refractivity contribution in [1.29, 1.82) is 0 Å². The van der Waals surface area contributed by atoms with Crippen molar-refractivity contribution in [2.45, 2.75) is 18.2 Å². The van der Waals surface area contributed by atoms with E-state index in [1.165, 1.54) is 0 Å². The van der Waals surface area contributed by atoms with Crippen LogP contribution in [0.5, 0.6) is 0 Å². The van der Waals surface area contributed by atoms with Crippen LogP contribution in [-0.4, -0.2) is 43.0 Å². The predicted octanol–water partition coefficient (Wildman–Crippen LogP) is 3.03. The molecular weight excluding hydrogens is 396 g/mol. The minimum Gasteiger partial charge on any atom is -0.346 e. The number of nitrogens with zero attached hydrogens (tertiary/aromatic N) is 3. The van der Waals surface area contributed by atoms with Gasteiger partial charge < -0.3 is 4.90 Å². The van der Waals surface area contributed by atoms with E-state index in [0.717, 1.165) is 22.5 Å². The van der Waals surface area contributed by atoms with Crippen molar-refractivity contribution in [2.75, 3.05) is 18.3 Å². The summed E-state index contributed by atoms with van der Waals surface area (Å²) in [6.45, 7) is 2.47. The summed E-state index contributed by atoms with van der Waals surface area (Å²) in [4.78, 5) is 13.6. The van der Waals surface area contributed by atoms with Crippen LogP contribution in [0.25, 0.3) is 11.1 Å². The van der Waals surface area contributed by atoms with Gasteiger partial charge in [-0.3, -0.25) is 9.52 Å². The van der Waals surface area contributed by atoms with Gasteiger partial charge in [0.25, 0.3) is 10.0 Å². The van der Waals surface area contributed by atoms with Gasteiger partial charge in [0.15, 0.2) is 0 Å². The minimum absolute atomic E-state index is 0.0928. The molecule has 0 spiro atoms. The zero-order chi connectivity index (χ0) is 20.1. The number of likely N-dealkylation sites (N-methyl/N-ethyl adjacent to an activating group) is 1. The Bertz CT molecular complexity index is 1050.